The lowest BCUT2D eigenvalue weighted by Crippen LogP contribution is -2.27. The quantitative estimate of drug-likeness (QED) is 0.137. The highest BCUT2D eigenvalue weighted by Gasteiger charge is 2.34. The van der Waals surface area contributed by atoms with Gasteiger partial charge in [0.2, 0.25) is 0 Å². The number of alkyl halides is 3. The van der Waals surface area contributed by atoms with Crippen LogP contribution in [0.4, 0.5) is 29.1 Å². The Hall–Kier alpha value is -5.32. The van der Waals surface area contributed by atoms with Gasteiger partial charge in [-0.15, -0.1) is 0 Å². The lowest BCUT2D eigenvalue weighted by molar-refractivity contribution is -0.136. The van der Waals surface area contributed by atoms with E-state index in [1.54, 1.807) is 26.0 Å². The van der Waals surface area contributed by atoms with Gasteiger partial charge in [0.05, 0.1) is 28.4 Å². The van der Waals surface area contributed by atoms with Crippen LogP contribution in [0.2, 0.25) is 0 Å². The Morgan fingerprint density at radius 3 is 2.48 bits per heavy atom. The van der Waals surface area contributed by atoms with Crippen molar-refractivity contribution in [1.29, 1.82) is 0 Å². The zero-order valence-electron chi connectivity index (χ0n) is 23.8. The molecule has 1 N–H and O–H groups in total. The number of aliphatic imine (C=N–C) groups is 1. The van der Waals surface area contributed by atoms with Gasteiger partial charge in [0.15, 0.2) is 5.82 Å². The number of nitrogens with one attached hydrogen (secondary N) is 1. The van der Waals surface area contributed by atoms with E-state index in [4.69, 9.17) is 4.74 Å². The van der Waals surface area contributed by atoms with Gasteiger partial charge < -0.3 is 10.1 Å². The average molecular weight is 602 g/mol. The number of rotatable bonds is 9. The first-order valence-corrected chi connectivity index (χ1v) is 13.6. The van der Waals surface area contributed by atoms with E-state index in [2.05, 4.69) is 27.0 Å². The largest absolute Gasteiger partial charge is 0.459 e. The van der Waals surface area contributed by atoms with Gasteiger partial charge in [-0.1, -0.05) is 54.6 Å². The molecule has 0 aliphatic carbocycles. The number of hydrogen-bond donors (Lipinski definition) is 1. The number of allylic oxidation sites excluding steroid dienone is 1. The van der Waals surface area contributed by atoms with Crippen LogP contribution in [0.5, 0.6) is 6.01 Å². The summed E-state index contributed by atoms with van der Waals surface area (Å²) in [6.07, 6.45) is -1.32. The number of aromatic nitrogens is 3. The molecule has 0 saturated heterocycles. The summed E-state index contributed by atoms with van der Waals surface area (Å²) in [5, 5.41) is 2.75. The highest BCUT2D eigenvalue weighted by Crippen LogP contribution is 2.36. The third kappa shape index (κ3) is 6.22. The molecule has 0 radical (unpaired) electrons. The first-order chi connectivity index (χ1) is 21.1. The zero-order valence-corrected chi connectivity index (χ0v) is 23.8. The molecule has 0 amide bonds. The lowest BCUT2D eigenvalue weighted by Gasteiger charge is -2.23. The van der Waals surface area contributed by atoms with E-state index in [0.29, 0.717) is 11.4 Å². The van der Waals surface area contributed by atoms with Gasteiger partial charge in [0, 0.05) is 5.69 Å². The van der Waals surface area contributed by atoms with Crippen molar-refractivity contribution < 1.29 is 22.3 Å². The third-order valence-electron chi connectivity index (χ3n) is 6.83. The third-order valence-corrected chi connectivity index (χ3v) is 6.83. The van der Waals surface area contributed by atoms with Gasteiger partial charge in [-0.2, -0.15) is 23.1 Å². The Kier molecular flexibility index (Phi) is 8.57. The molecule has 0 aliphatic heterocycles. The summed E-state index contributed by atoms with van der Waals surface area (Å²) in [6, 6.07) is 18.8. The molecule has 0 aliphatic rings. The van der Waals surface area contributed by atoms with E-state index in [1.165, 1.54) is 36.4 Å². The summed E-state index contributed by atoms with van der Waals surface area (Å²) < 4.78 is 63.2. The highest BCUT2D eigenvalue weighted by molar-refractivity contribution is 5.86. The second kappa shape index (κ2) is 12.5. The molecular formula is C33H27F4N5O2. The number of pyridine rings is 1. The molecule has 3 aromatic carbocycles. The van der Waals surface area contributed by atoms with Crippen LogP contribution in [0.25, 0.3) is 22.5 Å². The molecule has 0 fully saturated rings. The predicted molar refractivity (Wildman–Crippen MR) is 163 cm³/mol. The minimum absolute atomic E-state index is 0.0416. The topological polar surface area (TPSA) is 81.4 Å². The van der Waals surface area contributed by atoms with Crippen molar-refractivity contribution in [3.05, 3.63) is 124 Å². The highest BCUT2D eigenvalue weighted by atomic mass is 19.4. The van der Waals surface area contributed by atoms with Gasteiger partial charge in [0.1, 0.15) is 18.1 Å². The summed E-state index contributed by atoms with van der Waals surface area (Å²) in [5.41, 5.74) is -0.124. The summed E-state index contributed by atoms with van der Waals surface area (Å²) >= 11 is 0. The molecule has 44 heavy (non-hydrogen) atoms. The number of halogens is 4. The molecule has 11 heteroatoms. The summed E-state index contributed by atoms with van der Waals surface area (Å²) in [7, 11) is 0. The standard InChI is InChI=1S/C33H27F4N5O2/c1-4-10-26-29(38-3)30(41-32(40-26)44-19-21-11-6-5-7-12-21)39-20(2)27-17-22-13-8-16-25(33(35,36)37)28(22)31(43)42(27)24-15-9-14-23(34)18-24/h4-18,20H,3,19H2,1-2H3,(H,39,40,41)/b10-4-/t20-/m0/s1. The monoisotopic (exact) mass is 601 g/mol. The van der Waals surface area contributed by atoms with Crippen LogP contribution < -0.4 is 15.6 Å². The predicted octanol–water partition coefficient (Wildman–Crippen LogP) is 8.06. The van der Waals surface area contributed by atoms with Gasteiger partial charge >= 0.3 is 12.2 Å². The molecule has 1 atom stereocenters. The average Bonchev–Trinajstić information content (AvgIpc) is 3.00. The van der Waals surface area contributed by atoms with E-state index < -0.39 is 34.5 Å². The van der Waals surface area contributed by atoms with Crippen molar-refractivity contribution >= 4 is 35.1 Å². The Bertz CT molecular complexity index is 1920. The summed E-state index contributed by atoms with van der Waals surface area (Å²) in [5.74, 6) is -0.448. The molecule has 0 unspecified atom stereocenters. The van der Waals surface area contributed by atoms with Crippen molar-refractivity contribution in [3.8, 4) is 11.7 Å². The van der Waals surface area contributed by atoms with Crippen LogP contribution in [0.15, 0.2) is 94.7 Å². The van der Waals surface area contributed by atoms with Crippen LogP contribution in [-0.4, -0.2) is 21.3 Å². The van der Waals surface area contributed by atoms with E-state index in [9.17, 15) is 22.4 Å². The first-order valence-electron chi connectivity index (χ1n) is 13.6. The van der Waals surface area contributed by atoms with E-state index >= 15 is 0 Å². The molecule has 0 spiro atoms. The fourth-order valence-corrected chi connectivity index (χ4v) is 4.87. The molecule has 2 aromatic heterocycles. The Balaban J connectivity index is 1.65. The lowest BCUT2D eigenvalue weighted by atomic mass is 10.0. The van der Waals surface area contributed by atoms with Crippen LogP contribution in [0, 0.1) is 5.82 Å². The molecule has 7 nitrogen and oxygen atoms in total. The smallest absolute Gasteiger partial charge is 0.417 e. The number of anilines is 1. The molecule has 5 aromatic rings. The maximum absolute atomic E-state index is 14.3. The molecule has 2 heterocycles. The van der Waals surface area contributed by atoms with Gasteiger partial charge in [-0.3, -0.25) is 14.4 Å². The van der Waals surface area contributed by atoms with Crippen LogP contribution >= 0.6 is 0 Å². The number of ether oxygens (including phenoxy) is 1. The van der Waals surface area contributed by atoms with Crippen molar-refractivity contribution in [2.75, 3.05) is 5.32 Å². The first kappa shape index (κ1) is 30.1. The fraction of sp³-hybridized carbons (Fsp3) is 0.152. The van der Waals surface area contributed by atoms with Crippen molar-refractivity contribution in [2.24, 2.45) is 4.99 Å². The minimum atomic E-state index is -4.78. The van der Waals surface area contributed by atoms with Gasteiger partial charge in [-0.25, -0.2) is 4.39 Å². The van der Waals surface area contributed by atoms with E-state index in [-0.39, 0.29) is 35.2 Å². The number of benzene rings is 3. The SMILES string of the molecule is C=Nc1c(/C=C\C)nc(OCc2ccccc2)nc1N[C@@H](C)c1cc2cccc(C(F)(F)F)c2c(=O)n1-c1cccc(F)c1. The minimum Gasteiger partial charge on any atom is -0.459 e. The molecule has 224 valence electrons. The van der Waals surface area contributed by atoms with Crippen LogP contribution in [0.1, 0.15) is 42.4 Å². The number of nitrogens with zero attached hydrogens (tertiary/aromatic N) is 4. The van der Waals surface area contributed by atoms with Crippen LogP contribution in [0.3, 0.4) is 0 Å². The summed E-state index contributed by atoms with van der Waals surface area (Å²) in [6.45, 7) is 7.34. The number of fused-ring (bicyclic) bond motifs is 1. The van der Waals surface area contributed by atoms with E-state index in [1.807, 2.05) is 30.3 Å². The second-order valence-corrected chi connectivity index (χ2v) is 9.84. The van der Waals surface area contributed by atoms with Crippen molar-refractivity contribution in [3.63, 3.8) is 0 Å². The molecule has 0 saturated carbocycles. The van der Waals surface area contributed by atoms with Crippen LogP contribution in [-0.2, 0) is 12.8 Å². The van der Waals surface area contributed by atoms with E-state index in [0.717, 1.165) is 22.3 Å². The molecule has 0 bridgehead atoms. The van der Waals surface area contributed by atoms with Crippen molar-refractivity contribution in [1.82, 2.24) is 14.5 Å². The van der Waals surface area contributed by atoms with Gasteiger partial charge in [-0.05, 0) is 67.9 Å². The molecular weight excluding hydrogens is 574 g/mol. The Labute approximate surface area is 250 Å². The number of hydrogen-bond acceptors (Lipinski definition) is 6. The Morgan fingerprint density at radius 2 is 1.80 bits per heavy atom. The normalized spacial score (nSPS) is 12.4. The molecule has 5 rings (SSSR count). The van der Waals surface area contributed by atoms with Crippen molar-refractivity contribution in [2.45, 2.75) is 32.7 Å². The maximum atomic E-state index is 14.3. The maximum Gasteiger partial charge on any atom is 0.417 e. The fourth-order valence-electron chi connectivity index (χ4n) is 4.87. The summed E-state index contributed by atoms with van der Waals surface area (Å²) in [4.78, 5) is 26.9. The second-order valence-electron chi connectivity index (χ2n) is 9.84. The Morgan fingerprint density at radius 1 is 1.05 bits per heavy atom. The zero-order chi connectivity index (χ0) is 31.4. The van der Waals surface area contributed by atoms with Gasteiger partial charge in [0.25, 0.3) is 5.56 Å².